The third kappa shape index (κ3) is 3.97. The molecule has 1 aliphatic carbocycles. The van der Waals surface area contributed by atoms with Crippen LogP contribution in [0.4, 0.5) is 8.78 Å². The number of aryl methyl sites for hydroxylation is 2. The van der Waals surface area contributed by atoms with E-state index in [-0.39, 0.29) is 24.3 Å². The quantitative estimate of drug-likeness (QED) is 0.348. The van der Waals surface area contributed by atoms with Crippen LogP contribution in [-0.4, -0.2) is 32.1 Å². The molecule has 1 aliphatic rings. The number of nitrogens with zero attached hydrogens (tertiary/aromatic N) is 2. The maximum Gasteiger partial charge on any atom is 0.335 e. The van der Waals surface area contributed by atoms with Gasteiger partial charge in [-0.2, -0.15) is 0 Å². The number of carboxylic acid groups (broad SMARTS) is 1. The number of halogens is 2. The van der Waals surface area contributed by atoms with Crippen LogP contribution in [0.5, 0.6) is 0 Å². The van der Waals surface area contributed by atoms with E-state index >= 15 is 0 Å². The van der Waals surface area contributed by atoms with Gasteiger partial charge in [-0.25, -0.2) is 13.6 Å². The molecule has 0 atom stereocenters. The highest BCUT2D eigenvalue weighted by Crippen LogP contribution is 2.41. The summed E-state index contributed by atoms with van der Waals surface area (Å²) in [7, 11) is 0. The molecule has 4 aromatic rings. The van der Waals surface area contributed by atoms with Gasteiger partial charge in [-0.1, -0.05) is 17.3 Å². The van der Waals surface area contributed by atoms with Gasteiger partial charge in [0.2, 0.25) is 5.92 Å². The predicted octanol–water partition coefficient (Wildman–Crippen LogP) is 6.57. The number of nitrogens with one attached hydrogen (secondary N) is 1. The summed E-state index contributed by atoms with van der Waals surface area (Å²) in [5, 5.41) is 13.3. The number of hydrogen-bond acceptors (Lipinski definition) is 4. The van der Waals surface area contributed by atoms with Crippen molar-refractivity contribution < 1.29 is 23.2 Å². The van der Waals surface area contributed by atoms with Gasteiger partial charge in [0.05, 0.1) is 22.3 Å². The Balaban J connectivity index is 1.61. The molecule has 0 saturated heterocycles. The van der Waals surface area contributed by atoms with E-state index in [4.69, 9.17) is 9.51 Å². The topological polar surface area (TPSA) is 92.0 Å². The molecular weight excluding hydrogens is 440 g/mol. The highest BCUT2D eigenvalue weighted by molar-refractivity contribution is 5.97. The lowest BCUT2D eigenvalue weighted by Crippen LogP contribution is -2.25. The number of aromatic nitrogens is 3. The summed E-state index contributed by atoms with van der Waals surface area (Å²) in [6.07, 6.45) is 5.10. The van der Waals surface area contributed by atoms with Gasteiger partial charge in [0.25, 0.3) is 0 Å². The first-order chi connectivity index (χ1) is 16.2. The molecule has 8 heteroatoms. The molecule has 0 amide bonds. The molecule has 0 unspecified atom stereocenters. The zero-order valence-electron chi connectivity index (χ0n) is 19.0. The molecule has 5 rings (SSSR count). The molecule has 0 radical (unpaired) electrons. The summed E-state index contributed by atoms with van der Waals surface area (Å²) in [5.74, 6) is -2.72. The smallest absolute Gasteiger partial charge is 0.335 e. The number of aromatic amines is 1. The fourth-order valence-corrected chi connectivity index (χ4v) is 5.02. The Labute approximate surface area is 195 Å². The Morgan fingerprint density at radius 2 is 1.88 bits per heavy atom. The van der Waals surface area contributed by atoms with Gasteiger partial charge < -0.3 is 14.6 Å². The van der Waals surface area contributed by atoms with E-state index in [0.29, 0.717) is 25.0 Å². The summed E-state index contributed by atoms with van der Waals surface area (Å²) < 4.78 is 33.0. The Bertz CT molecular complexity index is 1340. The normalized spacial score (nSPS) is 16.2. The lowest BCUT2D eigenvalue weighted by Gasteiger charge is -2.28. The van der Waals surface area contributed by atoms with E-state index in [9.17, 15) is 18.7 Å². The Hall–Kier alpha value is -3.55. The largest absolute Gasteiger partial charge is 0.478 e. The van der Waals surface area contributed by atoms with Crippen LogP contribution in [0.2, 0.25) is 0 Å². The van der Waals surface area contributed by atoms with Crippen LogP contribution >= 0.6 is 0 Å². The van der Waals surface area contributed by atoms with Crippen LogP contribution in [0.1, 0.15) is 53.1 Å². The van der Waals surface area contributed by atoms with E-state index in [1.165, 1.54) is 0 Å². The standard InChI is InChI=1S/C26H25F2N3O3/c1-14-22(15(2)34-31-14)21-13-30-24-20(17-3-5-18(6-4-17)25(32)33)12-29-23(24)19(21)11-16-7-9-26(27,28)10-8-16/h3-6,12-13,16,29H,7-11H2,1-2H3,(H,32,33). The summed E-state index contributed by atoms with van der Waals surface area (Å²) >= 11 is 0. The molecule has 176 valence electrons. The van der Waals surface area contributed by atoms with Gasteiger partial charge in [0.1, 0.15) is 5.76 Å². The number of hydrogen-bond donors (Lipinski definition) is 2. The van der Waals surface area contributed by atoms with Crippen molar-refractivity contribution in [3.63, 3.8) is 0 Å². The monoisotopic (exact) mass is 465 g/mol. The minimum absolute atomic E-state index is 0.0849. The summed E-state index contributed by atoms with van der Waals surface area (Å²) in [4.78, 5) is 19.3. The number of fused-ring (bicyclic) bond motifs is 1. The number of H-pyrrole nitrogens is 1. The van der Waals surface area contributed by atoms with Gasteiger partial charge in [-0.05, 0) is 62.3 Å². The lowest BCUT2D eigenvalue weighted by atomic mass is 9.81. The Morgan fingerprint density at radius 3 is 2.50 bits per heavy atom. The van der Waals surface area contributed by atoms with Crippen LogP contribution in [0.3, 0.4) is 0 Å². The Morgan fingerprint density at radius 1 is 1.18 bits per heavy atom. The molecule has 0 spiro atoms. The van der Waals surface area contributed by atoms with Gasteiger partial charge >= 0.3 is 5.97 Å². The first-order valence-corrected chi connectivity index (χ1v) is 11.4. The average molecular weight is 466 g/mol. The third-order valence-electron chi connectivity index (χ3n) is 6.88. The van der Waals surface area contributed by atoms with E-state index < -0.39 is 11.9 Å². The highest BCUT2D eigenvalue weighted by Gasteiger charge is 2.35. The minimum Gasteiger partial charge on any atom is -0.478 e. The fourth-order valence-electron chi connectivity index (χ4n) is 5.02. The molecule has 6 nitrogen and oxygen atoms in total. The molecule has 1 aromatic carbocycles. The number of pyridine rings is 1. The first kappa shape index (κ1) is 22.3. The second kappa shape index (κ2) is 8.34. The molecule has 0 aliphatic heterocycles. The van der Waals surface area contributed by atoms with Crippen molar-refractivity contribution in [1.29, 1.82) is 0 Å². The molecule has 3 heterocycles. The number of aromatic carboxylic acids is 1. The minimum atomic E-state index is -2.57. The average Bonchev–Trinajstić information content (AvgIpc) is 3.39. The van der Waals surface area contributed by atoms with Crippen molar-refractivity contribution in [2.45, 2.75) is 51.9 Å². The van der Waals surface area contributed by atoms with E-state index in [0.717, 1.165) is 44.5 Å². The van der Waals surface area contributed by atoms with Gasteiger partial charge in [-0.3, -0.25) is 4.98 Å². The van der Waals surface area contributed by atoms with Crippen LogP contribution in [0.15, 0.2) is 41.2 Å². The number of carboxylic acids is 1. The van der Waals surface area contributed by atoms with Crippen LogP contribution in [-0.2, 0) is 6.42 Å². The highest BCUT2D eigenvalue weighted by atomic mass is 19.3. The van der Waals surface area contributed by atoms with Crippen molar-refractivity contribution in [1.82, 2.24) is 15.1 Å². The zero-order valence-corrected chi connectivity index (χ0v) is 19.0. The van der Waals surface area contributed by atoms with Crippen LogP contribution in [0, 0.1) is 19.8 Å². The van der Waals surface area contributed by atoms with Gasteiger partial charge in [0, 0.05) is 41.9 Å². The van der Waals surface area contributed by atoms with E-state index in [2.05, 4.69) is 10.1 Å². The SMILES string of the molecule is Cc1noc(C)c1-c1cnc2c(-c3ccc(C(=O)O)cc3)c[nH]c2c1CC1CCC(F)(F)CC1. The lowest BCUT2D eigenvalue weighted by molar-refractivity contribution is -0.0456. The van der Waals surface area contributed by atoms with Gasteiger partial charge in [-0.15, -0.1) is 0 Å². The second-order valence-corrected chi connectivity index (χ2v) is 9.16. The van der Waals surface area contributed by atoms with E-state index in [1.54, 1.807) is 24.3 Å². The van der Waals surface area contributed by atoms with Crippen molar-refractivity contribution in [2.75, 3.05) is 0 Å². The number of benzene rings is 1. The first-order valence-electron chi connectivity index (χ1n) is 11.4. The van der Waals surface area contributed by atoms with Crippen LogP contribution < -0.4 is 0 Å². The van der Waals surface area contributed by atoms with Gasteiger partial charge in [0.15, 0.2) is 0 Å². The third-order valence-corrected chi connectivity index (χ3v) is 6.88. The zero-order chi connectivity index (χ0) is 24.0. The number of rotatable bonds is 5. The Kier molecular flexibility index (Phi) is 5.46. The molecule has 0 bridgehead atoms. The molecule has 3 aromatic heterocycles. The molecule has 1 saturated carbocycles. The summed E-state index contributed by atoms with van der Waals surface area (Å²) in [6.45, 7) is 3.74. The summed E-state index contributed by atoms with van der Waals surface area (Å²) in [6, 6.07) is 6.66. The molecular formula is C26H25F2N3O3. The predicted molar refractivity (Wildman–Crippen MR) is 124 cm³/mol. The molecule has 34 heavy (non-hydrogen) atoms. The van der Waals surface area contributed by atoms with Crippen LogP contribution in [0.25, 0.3) is 33.3 Å². The maximum absolute atomic E-state index is 13.8. The molecule has 2 N–H and O–H groups in total. The fraction of sp³-hybridized carbons (Fsp3) is 0.346. The van der Waals surface area contributed by atoms with Crippen molar-refractivity contribution in [3.05, 3.63) is 59.2 Å². The summed E-state index contributed by atoms with van der Waals surface area (Å²) in [5.41, 5.74) is 7.08. The van der Waals surface area contributed by atoms with E-state index in [1.807, 2.05) is 26.2 Å². The maximum atomic E-state index is 13.8. The van der Waals surface area contributed by atoms with Crippen molar-refractivity contribution in [3.8, 4) is 22.3 Å². The second-order valence-electron chi connectivity index (χ2n) is 9.16. The number of carbonyl (C=O) groups is 1. The van der Waals surface area contributed by atoms with Crippen molar-refractivity contribution in [2.24, 2.45) is 5.92 Å². The molecule has 1 fully saturated rings. The van der Waals surface area contributed by atoms with Crippen molar-refractivity contribution >= 4 is 17.0 Å². The number of alkyl halides is 2.